The van der Waals surface area contributed by atoms with E-state index in [1.165, 1.54) is 0 Å². The molecule has 94 valence electrons. The van der Waals surface area contributed by atoms with Crippen LogP contribution >= 0.6 is 0 Å². The summed E-state index contributed by atoms with van der Waals surface area (Å²) in [7, 11) is 1.96. The van der Waals surface area contributed by atoms with E-state index in [1.807, 2.05) is 24.2 Å². The SMILES string of the molecule is CNCC1CCN(C(=O)CCn2cccn2)C1. The van der Waals surface area contributed by atoms with Gasteiger partial charge in [-0.05, 0) is 32.0 Å². The van der Waals surface area contributed by atoms with Crippen molar-refractivity contribution in [2.45, 2.75) is 19.4 Å². The molecule has 1 amide bonds. The second kappa shape index (κ2) is 5.82. The van der Waals surface area contributed by atoms with Crippen molar-refractivity contribution in [1.82, 2.24) is 20.0 Å². The molecule has 1 unspecified atom stereocenters. The molecule has 2 heterocycles. The number of carbonyl (C=O) groups excluding carboxylic acids is 1. The average Bonchev–Trinajstić information content (AvgIpc) is 2.97. The standard InChI is InChI=1S/C12H20N4O/c1-13-9-11-3-7-15(10-11)12(17)4-8-16-6-2-5-14-16/h2,5-6,11,13H,3-4,7-10H2,1H3. The molecular weight excluding hydrogens is 216 g/mol. The van der Waals surface area contributed by atoms with Gasteiger partial charge >= 0.3 is 0 Å². The average molecular weight is 236 g/mol. The number of aryl methyl sites for hydroxylation is 1. The third kappa shape index (κ3) is 3.30. The van der Waals surface area contributed by atoms with Gasteiger partial charge in [-0.15, -0.1) is 0 Å². The summed E-state index contributed by atoms with van der Waals surface area (Å²) in [5.41, 5.74) is 0. The number of aromatic nitrogens is 2. The molecule has 1 fully saturated rings. The van der Waals surface area contributed by atoms with E-state index < -0.39 is 0 Å². The zero-order valence-corrected chi connectivity index (χ0v) is 10.3. The van der Waals surface area contributed by atoms with E-state index in [-0.39, 0.29) is 5.91 Å². The maximum atomic E-state index is 12.0. The Kier molecular flexibility index (Phi) is 4.14. The molecular formula is C12H20N4O. The molecule has 0 aromatic carbocycles. The summed E-state index contributed by atoms with van der Waals surface area (Å²) in [6, 6.07) is 1.88. The van der Waals surface area contributed by atoms with Crippen LogP contribution in [0.1, 0.15) is 12.8 Å². The number of hydrogen-bond acceptors (Lipinski definition) is 3. The molecule has 1 saturated heterocycles. The smallest absolute Gasteiger partial charge is 0.224 e. The van der Waals surface area contributed by atoms with Crippen molar-refractivity contribution in [2.24, 2.45) is 5.92 Å². The second-order valence-corrected chi connectivity index (χ2v) is 4.57. The highest BCUT2D eigenvalue weighted by molar-refractivity contribution is 5.76. The number of rotatable bonds is 5. The molecule has 0 aliphatic carbocycles. The Morgan fingerprint density at radius 2 is 2.47 bits per heavy atom. The van der Waals surface area contributed by atoms with Gasteiger partial charge in [0.05, 0.1) is 0 Å². The first-order valence-electron chi connectivity index (χ1n) is 6.19. The molecule has 0 bridgehead atoms. The lowest BCUT2D eigenvalue weighted by molar-refractivity contribution is -0.130. The third-order valence-corrected chi connectivity index (χ3v) is 3.25. The predicted molar refractivity (Wildman–Crippen MR) is 65.5 cm³/mol. The molecule has 0 saturated carbocycles. The van der Waals surface area contributed by atoms with Crippen LogP contribution in [0.5, 0.6) is 0 Å². The Balaban J connectivity index is 1.73. The minimum Gasteiger partial charge on any atom is -0.342 e. The number of likely N-dealkylation sites (tertiary alicyclic amines) is 1. The quantitative estimate of drug-likeness (QED) is 0.802. The minimum atomic E-state index is 0.249. The van der Waals surface area contributed by atoms with Crippen LogP contribution in [0.3, 0.4) is 0 Å². The highest BCUT2D eigenvalue weighted by Gasteiger charge is 2.25. The maximum absolute atomic E-state index is 12.0. The van der Waals surface area contributed by atoms with E-state index in [2.05, 4.69) is 10.4 Å². The Hall–Kier alpha value is -1.36. The van der Waals surface area contributed by atoms with Crippen molar-refractivity contribution in [1.29, 1.82) is 0 Å². The third-order valence-electron chi connectivity index (χ3n) is 3.25. The summed E-state index contributed by atoms with van der Waals surface area (Å²) in [4.78, 5) is 13.9. The van der Waals surface area contributed by atoms with E-state index in [1.54, 1.807) is 10.9 Å². The Morgan fingerprint density at radius 1 is 1.59 bits per heavy atom. The fraction of sp³-hybridized carbons (Fsp3) is 0.667. The Bertz CT molecular complexity index is 349. The van der Waals surface area contributed by atoms with Gasteiger partial charge in [0.1, 0.15) is 0 Å². The monoisotopic (exact) mass is 236 g/mol. The van der Waals surface area contributed by atoms with Crippen molar-refractivity contribution in [2.75, 3.05) is 26.7 Å². The summed E-state index contributed by atoms with van der Waals surface area (Å²) in [5, 5.41) is 7.27. The second-order valence-electron chi connectivity index (χ2n) is 4.57. The molecule has 2 rings (SSSR count). The van der Waals surface area contributed by atoms with Gasteiger partial charge in [-0.25, -0.2) is 0 Å². The zero-order chi connectivity index (χ0) is 12.1. The van der Waals surface area contributed by atoms with E-state index in [0.29, 0.717) is 18.9 Å². The van der Waals surface area contributed by atoms with Crippen molar-refractivity contribution >= 4 is 5.91 Å². The van der Waals surface area contributed by atoms with E-state index in [4.69, 9.17) is 0 Å². The molecule has 1 atom stereocenters. The number of hydrogen-bond donors (Lipinski definition) is 1. The van der Waals surface area contributed by atoms with Crippen LogP contribution in [-0.4, -0.2) is 47.3 Å². The van der Waals surface area contributed by atoms with Gasteiger partial charge in [-0.1, -0.05) is 0 Å². The van der Waals surface area contributed by atoms with Crippen molar-refractivity contribution < 1.29 is 4.79 Å². The highest BCUT2D eigenvalue weighted by atomic mass is 16.2. The lowest BCUT2D eigenvalue weighted by Crippen LogP contribution is -2.30. The van der Waals surface area contributed by atoms with Gasteiger partial charge in [0.25, 0.3) is 0 Å². The van der Waals surface area contributed by atoms with Crippen LogP contribution in [-0.2, 0) is 11.3 Å². The van der Waals surface area contributed by atoms with Gasteiger partial charge in [0.2, 0.25) is 5.91 Å². The summed E-state index contributed by atoms with van der Waals surface area (Å²) < 4.78 is 1.80. The molecule has 5 heteroatoms. The molecule has 1 N–H and O–H groups in total. The fourth-order valence-corrected chi connectivity index (χ4v) is 2.32. The highest BCUT2D eigenvalue weighted by Crippen LogP contribution is 2.16. The lowest BCUT2D eigenvalue weighted by Gasteiger charge is -2.16. The van der Waals surface area contributed by atoms with Crippen molar-refractivity contribution in [3.05, 3.63) is 18.5 Å². The minimum absolute atomic E-state index is 0.249. The van der Waals surface area contributed by atoms with Gasteiger partial charge in [0.15, 0.2) is 0 Å². The largest absolute Gasteiger partial charge is 0.342 e. The molecule has 5 nitrogen and oxygen atoms in total. The molecule has 1 aliphatic heterocycles. The van der Waals surface area contributed by atoms with E-state index in [0.717, 1.165) is 26.1 Å². The maximum Gasteiger partial charge on any atom is 0.224 e. The van der Waals surface area contributed by atoms with Crippen molar-refractivity contribution in [3.8, 4) is 0 Å². The fourth-order valence-electron chi connectivity index (χ4n) is 2.32. The van der Waals surface area contributed by atoms with Gasteiger partial charge in [-0.2, -0.15) is 5.10 Å². The topological polar surface area (TPSA) is 50.2 Å². The van der Waals surface area contributed by atoms with Crippen LogP contribution in [0.4, 0.5) is 0 Å². The number of nitrogens with zero attached hydrogens (tertiary/aromatic N) is 3. The summed E-state index contributed by atoms with van der Waals surface area (Å²) in [6.07, 6.45) is 5.30. The predicted octanol–water partition coefficient (Wildman–Crippen LogP) is 0.341. The summed E-state index contributed by atoms with van der Waals surface area (Å²) in [6.45, 7) is 3.49. The Labute approximate surface area is 102 Å². The molecule has 1 aliphatic rings. The first-order chi connectivity index (χ1) is 8.29. The number of nitrogens with one attached hydrogen (secondary N) is 1. The van der Waals surface area contributed by atoms with Gasteiger partial charge in [-0.3, -0.25) is 9.48 Å². The lowest BCUT2D eigenvalue weighted by atomic mass is 10.1. The normalized spacial score (nSPS) is 19.8. The van der Waals surface area contributed by atoms with Crippen LogP contribution in [0.2, 0.25) is 0 Å². The van der Waals surface area contributed by atoms with Crippen LogP contribution in [0, 0.1) is 5.92 Å². The van der Waals surface area contributed by atoms with E-state index >= 15 is 0 Å². The van der Waals surface area contributed by atoms with Crippen molar-refractivity contribution in [3.63, 3.8) is 0 Å². The molecule has 1 aromatic rings. The molecule has 0 radical (unpaired) electrons. The van der Waals surface area contributed by atoms with Gasteiger partial charge < -0.3 is 10.2 Å². The van der Waals surface area contributed by atoms with Crippen LogP contribution in [0.15, 0.2) is 18.5 Å². The van der Waals surface area contributed by atoms with E-state index in [9.17, 15) is 4.79 Å². The molecule has 1 aromatic heterocycles. The van der Waals surface area contributed by atoms with Crippen LogP contribution in [0.25, 0.3) is 0 Å². The molecule has 17 heavy (non-hydrogen) atoms. The first kappa shape index (κ1) is 12.1. The Morgan fingerprint density at radius 3 is 3.18 bits per heavy atom. The molecule has 0 spiro atoms. The zero-order valence-electron chi connectivity index (χ0n) is 10.3. The number of amides is 1. The van der Waals surface area contributed by atoms with Crippen LogP contribution < -0.4 is 5.32 Å². The first-order valence-corrected chi connectivity index (χ1v) is 6.19. The summed E-state index contributed by atoms with van der Waals surface area (Å²) in [5.74, 6) is 0.868. The summed E-state index contributed by atoms with van der Waals surface area (Å²) >= 11 is 0. The number of carbonyl (C=O) groups is 1. The van der Waals surface area contributed by atoms with Gasteiger partial charge in [0, 0.05) is 38.4 Å².